The topological polar surface area (TPSA) is 32.3 Å². The van der Waals surface area contributed by atoms with Gasteiger partial charge >= 0.3 is 6.18 Å². The summed E-state index contributed by atoms with van der Waals surface area (Å²) in [7, 11) is 1.78. The maximum absolute atomic E-state index is 12.9. The highest BCUT2D eigenvalue weighted by atomic mass is 19.4. The number of amides is 1. The second kappa shape index (κ2) is 5.21. The van der Waals surface area contributed by atoms with E-state index in [4.69, 9.17) is 0 Å². The minimum Gasteiger partial charge on any atom is -0.337 e. The van der Waals surface area contributed by atoms with Gasteiger partial charge < -0.3 is 10.2 Å². The summed E-state index contributed by atoms with van der Waals surface area (Å²) in [6.07, 6.45) is -3.75. The third-order valence-corrected chi connectivity index (χ3v) is 3.35. The second-order valence-corrected chi connectivity index (χ2v) is 4.57. The molecule has 1 heterocycles. The van der Waals surface area contributed by atoms with E-state index in [9.17, 15) is 18.0 Å². The summed E-state index contributed by atoms with van der Waals surface area (Å²) < 4.78 is 38.6. The Morgan fingerprint density at radius 1 is 1.37 bits per heavy atom. The minimum absolute atomic E-state index is 0.155. The normalized spacial score (nSPS) is 19.8. The van der Waals surface area contributed by atoms with Gasteiger partial charge in [-0.2, -0.15) is 13.2 Å². The van der Waals surface area contributed by atoms with Crippen LogP contribution in [-0.2, 0) is 6.18 Å². The second-order valence-electron chi connectivity index (χ2n) is 4.57. The molecule has 1 aliphatic rings. The smallest absolute Gasteiger partial charge is 0.337 e. The van der Waals surface area contributed by atoms with E-state index in [0.717, 1.165) is 12.5 Å². The first kappa shape index (κ1) is 13.9. The highest BCUT2D eigenvalue weighted by Crippen LogP contribution is 2.32. The van der Waals surface area contributed by atoms with Crippen LogP contribution in [0.1, 0.15) is 22.3 Å². The molecule has 19 heavy (non-hydrogen) atoms. The Bertz CT molecular complexity index is 473. The zero-order valence-electron chi connectivity index (χ0n) is 10.5. The van der Waals surface area contributed by atoms with Crippen molar-refractivity contribution in [3.8, 4) is 0 Å². The van der Waals surface area contributed by atoms with Crippen molar-refractivity contribution in [2.24, 2.45) is 0 Å². The number of nitrogens with zero attached hydrogens (tertiary/aromatic N) is 1. The number of nitrogens with one attached hydrogen (secondary N) is 1. The first-order valence-corrected chi connectivity index (χ1v) is 6.06. The van der Waals surface area contributed by atoms with E-state index < -0.39 is 17.6 Å². The lowest BCUT2D eigenvalue weighted by atomic mass is 10.1. The largest absolute Gasteiger partial charge is 0.417 e. The monoisotopic (exact) mass is 272 g/mol. The van der Waals surface area contributed by atoms with Gasteiger partial charge in [-0.3, -0.25) is 4.79 Å². The van der Waals surface area contributed by atoms with Gasteiger partial charge in [0.25, 0.3) is 5.91 Å². The van der Waals surface area contributed by atoms with Crippen LogP contribution >= 0.6 is 0 Å². The van der Waals surface area contributed by atoms with Crippen molar-refractivity contribution < 1.29 is 18.0 Å². The van der Waals surface area contributed by atoms with E-state index in [0.29, 0.717) is 13.1 Å². The van der Waals surface area contributed by atoms with Gasteiger partial charge in [0.1, 0.15) is 0 Å². The first-order chi connectivity index (χ1) is 8.93. The molecule has 6 heteroatoms. The van der Waals surface area contributed by atoms with Crippen LogP contribution in [0.2, 0.25) is 0 Å². The van der Waals surface area contributed by atoms with E-state index in [1.807, 2.05) is 0 Å². The number of carbonyl (C=O) groups excluding carboxylic acids is 1. The number of benzene rings is 1. The molecule has 0 bridgehead atoms. The lowest BCUT2D eigenvalue weighted by molar-refractivity contribution is -0.138. The van der Waals surface area contributed by atoms with Crippen LogP contribution < -0.4 is 5.32 Å². The molecular weight excluding hydrogens is 257 g/mol. The first-order valence-electron chi connectivity index (χ1n) is 6.06. The Hall–Kier alpha value is -1.56. The van der Waals surface area contributed by atoms with Gasteiger partial charge in [0, 0.05) is 19.1 Å². The fourth-order valence-corrected chi connectivity index (χ4v) is 2.27. The summed E-state index contributed by atoms with van der Waals surface area (Å²) in [6, 6.07) is 5.08. The quantitative estimate of drug-likeness (QED) is 0.894. The predicted octanol–water partition coefficient (Wildman–Crippen LogP) is 2.14. The van der Waals surface area contributed by atoms with Crippen molar-refractivity contribution >= 4 is 5.91 Å². The maximum Gasteiger partial charge on any atom is 0.417 e. The molecule has 0 radical (unpaired) electrons. The maximum atomic E-state index is 12.9. The number of alkyl halides is 3. The van der Waals surface area contributed by atoms with Crippen LogP contribution in [-0.4, -0.2) is 37.0 Å². The van der Waals surface area contributed by atoms with E-state index >= 15 is 0 Å². The molecule has 2 rings (SSSR count). The lowest BCUT2D eigenvalue weighted by Crippen LogP contribution is -2.34. The lowest BCUT2D eigenvalue weighted by Gasteiger charge is -2.19. The predicted molar refractivity (Wildman–Crippen MR) is 64.8 cm³/mol. The van der Waals surface area contributed by atoms with E-state index in [-0.39, 0.29) is 11.6 Å². The summed E-state index contributed by atoms with van der Waals surface area (Å²) in [5, 5.41) is 3.03. The molecule has 1 N–H and O–H groups in total. The number of hydrogen-bond acceptors (Lipinski definition) is 2. The highest BCUT2D eigenvalue weighted by Gasteiger charge is 2.36. The van der Waals surface area contributed by atoms with Gasteiger partial charge in [-0.1, -0.05) is 12.1 Å². The van der Waals surface area contributed by atoms with Crippen molar-refractivity contribution in [1.29, 1.82) is 0 Å². The van der Waals surface area contributed by atoms with Gasteiger partial charge in [0.15, 0.2) is 0 Å². The van der Waals surface area contributed by atoms with Gasteiger partial charge in [0.2, 0.25) is 0 Å². The third-order valence-electron chi connectivity index (χ3n) is 3.35. The van der Waals surface area contributed by atoms with E-state index in [1.165, 1.54) is 23.1 Å². The number of halogens is 3. The zero-order chi connectivity index (χ0) is 14.0. The summed E-state index contributed by atoms with van der Waals surface area (Å²) in [5.41, 5.74) is -1.14. The summed E-state index contributed by atoms with van der Waals surface area (Å²) in [5.74, 6) is -0.550. The number of carbonyl (C=O) groups is 1. The third kappa shape index (κ3) is 2.89. The number of likely N-dealkylation sites (tertiary alicyclic amines) is 1. The molecular formula is C13H15F3N2O. The Kier molecular flexibility index (Phi) is 3.80. The number of likely N-dealkylation sites (N-methyl/N-ethyl adjacent to an activating group) is 1. The standard InChI is InChI=1S/C13H15F3N2O/c1-17-9-6-7-18(8-9)12(19)10-4-2-3-5-11(10)13(14,15)16/h2-5,9,17H,6-8H2,1H3/t9-/m0/s1. The Morgan fingerprint density at radius 3 is 2.63 bits per heavy atom. The van der Waals surface area contributed by atoms with E-state index in [2.05, 4.69) is 5.32 Å². The summed E-state index contributed by atoms with van der Waals surface area (Å²) in [6.45, 7) is 0.929. The van der Waals surface area contributed by atoms with Gasteiger partial charge in [-0.15, -0.1) is 0 Å². The Labute approximate surface area is 109 Å². The molecule has 104 valence electrons. The summed E-state index contributed by atoms with van der Waals surface area (Å²) >= 11 is 0. The molecule has 1 saturated heterocycles. The number of hydrogen-bond donors (Lipinski definition) is 1. The molecule has 0 saturated carbocycles. The van der Waals surface area contributed by atoms with Crippen LogP contribution in [0, 0.1) is 0 Å². The van der Waals surface area contributed by atoms with Crippen molar-refractivity contribution in [3.05, 3.63) is 35.4 Å². The van der Waals surface area contributed by atoms with E-state index in [1.54, 1.807) is 7.05 Å². The molecule has 0 aromatic heterocycles. The van der Waals surface area contributed by atoms with Crippen LogP contribution in [0.5, 0.6) is 0 Å². The van der Waals surface area contributed by atoms with Crippen molar-refractivity contribution in [1.82, 2.24) is 10.2 Å². The minimum atomic E-state index is -4.51. The van der Waals surface area contributed by atoms with Crippen LogP contribution in [0.3, 0.4) is 0 Å². The molecule has 1 aliphatic heterocycles. The van der Waals surface area contributed by atoms with Crippen molar-refractivity contribution in [3.63, 3.8) is 0 Å². The molecule has 0 spiro atoms. The van der Waals surface area contributed by atoms with Crippen LogP contribution in [0.25, 0.3) is 0 Å². The average molecular weight is 272 g/mol. The fraction of sp³-hybridized carbons (Fsp3) is 0.462. The molecule has 3 nitrogen and oxygen atoms in total. The molecule has 1 aromatic rings. The molecule has 1 fully saturated rings. The molecule has 0 aliphatic carbocycles. The van der Waals surface area contributed by atoms with Crippen molar-refractivity contribution in [2.75, 3.05) is 20.1 Å². The molecule has 1 atom stereocenters. The Balaban J connectivity index is 2.25. The van der Waals surface area contributed by atoms with Crippen LogP contribution in [0.4, 0.5) is 13.2 Å². The average Bonchev–Trinajstić information content (AvgIpc) is 2.85. The zero-order valence-corrected chi connectivity index (χ0v) is 10.5. The van der Waals surface area contributed by atoms with Crippen LogP contribution in [0.15, 0.2) is 24.3 Å². The van der Waals surface area contributed by atoms with Gasteiger partial charge in [-0.25, -0.2) is 0 Å². The SMILES string of the molecule is CN[C@H]1CCN(C(=O)c2ccccc2C(F)(F)F)C1. The Morgan fingerprint density at radius 2 is 2.05 bits per heavy atom. The highest BCUT2D eigenvalue weighted by molar-refractivity contribution is 5.96. The van der Waals surface area contributed by atoms with Gasteiger partial charge in [0.05, 0.1) is 11.1 Å². The number of rotatable bonds is 2. The molecule has 1 aromatic carbocycles. The summed E-state index contributed by atoms with van der Waals surface area (Å²) in [4.78, 5) is 13.6. The fourth-order valence-electron chi connectivity index (χ4n) is 2.27. The van der Waals surface area contributed by atoms with Gasteiger partial charge in [-0.05, 0) is 25.6 Å². The molecule has 1 amide bonds. The van der Waals surface area contributed by atoms with Crippen molar-refractivity contribution in [2.45, 2.75) is 18.6 Å². The molecule has 0 unspecified atom stereocenters.